The van der Waals surface area contributed by atoms with Crippen LogP contribution >= 0.6 is 11.6 Å². The molecule has 5 heteroatoms. The molecule has 1 atom stereocenters. The van der Waals surface area contributed by atoms with Crippen molar-refractivity contribution >= 4 is 21.7 Å². The van der Waals surface area contributed by atoms with Crippen molar-refractivity contribution in [3.63, 3.8) is 0 Å². The monoisotopic (exact) mass is 234 g/mol. The highest BCUT2D eigenvalue weighted by Gasteiger charge is 2.13. The van der Waals surface area contributed by atoms with Crippen molar-refractivity contribution < 1.29 is 13.0 Å². The maximum atomic E-state index is 10.8. The van der Waals surface area contributed by atoms with Crippen molar-refractivity contribution in [3.05, 3.63) is 29.3 Å². The van der Waals surface area contributed by atoms with Crippen molar-refractivity contribution in [1.29, 1.82) is 0 Å². The van der Waals surface area contributed by atoms with Crippen molar-refractivity contribution in [2.45, 2.75) is 24.1 Å². The molecular formula is C9H11ClO3S. The molecule has 0 heterocycles. The van der Waals surface area contributed by atoms with Gasteiger partial charge in [-0.2, -0.15) is 8.42 Å². The summed E-state index contributed by atoms with van der Waals surface area (Å²) >= 11 is 5.85. The molecule has 1 aromatic rings. The fraction of sp³-hybridized carbons (Fsp3) is 0.333. The largest absolute Gasteiger partial charge is 0.294 e. The van der Waals surface area contributed by atoms with E-state index in [-0.39, 0.29) is 10.3 Å². The third-order valence-corrected chi connectivity index (χ3v) is 3.06. The molecule has 14 heavy (non-hydrogen) atoms. The van der Waals surface area contributed by atoms with Gasteiger partial charge in [-0.1, -0.05) is 6.07 Å². The number of rotatable bonds is 2. The Labute approximate surface area is 88.5 Å². The van der Waals surface area contributed by atoms with Gasteiger partial charge < -0.3 is 0 Å². The van der Waals surface area contributed by atoms with Crippen LogP contribution < -0.4 is 0 Å². The van der Waals surface area contributed by atoms with Gasteiger partial charge in [-0.15, -0.1) is 11.6 Å². The number of halogens is 1. The molecule has 0 saturated heterocycles. The molecule has 1 unspecified atom stereocenters. The van der Waals surface area contributed by atoms with E-state index >= 15 is 0 Å². The molecule has 78 valence electrons. The van der Waals surface area contributed by atoms with Crippen molar-refractivity contribution in [2.24, 2.45) is 0 Å². The van der Waals surface area contributed by atoms with E-state index in [0.717, 1.165) is 5.56 Å². The standard InChI is InChI=1S/C9H11ClO3S/c1-6-3-4-8(14(11,12)13)5-9(6)7(2)10/h3-5,7H,1-2H3,(H,11,12,13). The maximum Gasteiger partial charge on any atom is 0.294 e. The smallest absolute Gasteiger partial charge is 0.282 e. The summed E-state index contributed by atoms with van der Waals surface area (Å²) in [6, 6.07) is 4.37. The second kappa shape index (κ2) is 3.88. The van der Waals surface area contributed by atoms with Gasteiger partial charge in [-0.3, -0.25) is 4.55 Å². The molecule has 0 bridgehead atoms. The normalized spacial score (nSPS) is 14.0. The predicted molar refractivity (Wildman–Crippen MR) is 55.3 cm³/mol. The van der Waals surface area contributed by atoms with Crippen LogP contribution in [0.3, 0.4) is 0 Å². The first-order chi connectivity index (χ1) is 6.32. The van der Waals surface area contributed by atoms with Gasteiger partial charge in [0, 0.05) is 0 Å². The fourth-order valence-corrected chi connectivity index (χ4v) is 1.96. The van der Waals surface area contributed by atoms with E-state index in [1.165, 1.54) is 12.1 Å². The first kappa shape index (κ1) is 11.5. The number of aryl methyl sites for hydroxylation is 1. The minimum absolute atomic E-state index is 0.120. The zero-order chi connectivity index (χ0) is 10.9. The minimum Gasteiger partial charge on any atom is -0.282 e. The molecule has 3 nitrogen and oxygen atoms in total. The van der Waals surface area contributed by atoms with Crippen molar-refractivity contribution in [2.75, 3.05) is 0 Å². The van der Waals surface area contributed by atoms with E-state index in [2.05, 4.69) is 0 Å². The minimum atomic E-state index is -4.13. The second-order valence-corrected chi connectivity index (χ2v) is 5.19. The Morgan fingerprint density at radius 2 is 2.00 bits per heavy atom. The topological polar surface area (TPSA) is 54.4 Å². The van der Waals surface area contributed by atoms with Crippen molar-refractivity contribution in [1.82, 2.24) is 0 Å². The third-order valence-electron chi connectivity index (χ3n) is 1.98. The third kappa shape index (κ3) is 2.47. The summed E-state index contributed by atoms with van der Waals surface area (Å²) < 4.78 is 30.5. The van der Waals surface area contributed by atoms with Crippen LogP contribution in [0.15, 0.2) is 23.1 Å². The van der Waals surface area contributed by atoms with E-state index in [4.69, 9.17) is 16.2 Å². The van der Waals surface area contributed by atoms with Gasteiger partial charge in [-0.25, -0.2) is 0 Å². The van der Waals surface area contributed by atoms with Crippen LogP contribution in [0.1, 0.15) is 23.4 Å². The molecule has 0 aliphatic rings. The van der Waals surface area contributed by atoms with Gasteiger partial charge in [0.1, 0.15) is 0 Å². The zero-order valence-corrected chi connectivity index (χ0v) is 9.43. The highest BCUT2D eigenvalue weighted by molar-refractivity contribution is 7.85. The molecule has 0 amide bonds. The van der Waals surface area contributed by atoms with Crippen LogP contribution in [0.2, 0.25) is 0 Å². The molecule has 0 aromatic heterocycles. The van der Waals surface area contributed by atoms with Crippen LogP contribution in [0.4, 0.5) is 0 Å². The Kier molecular flexibility index (Phi) is 3.19. The lowest BCUT2D eigenvalue weighted by Crippen LogP contribution is -2.00. The quantitative estimate of drug-likeness (QED) is 0.632. The van der Waals surface area contributed by atoms with Crippen LogP contribution in [-0.4, -0.2) is 13.0 Å². The van der Waals surface area contributed by atoms with Gasteiger partial charge in [0.05, 0.1) is 10.3 Å². The van der Waals surface area contributed by atoms with Crippen LogP contribution in [0.25, 0.3) is 0 Å². The Morgan fingerprint density at radius 1 is 1.43 bits per heavy atom. The molecule has 0 spiro atoms. The Morgan fingerprint density at radius 3 is 2.43 bits per heavy atom. The molecule has 1 rings (SSSR count). The van der Waals surface area contributed by atoms with E-state index in [1.807, 2.05) is 6.92 Å². The highest BCUT2D eigenvalue weighted by atomic mass is 35.5. The molecule has 0 aliphatic heterocycles. The maximum absolute atomic E-state index is 10.8. The average Bonchev–Trinajstić information content (AvgIpc) is 2.02. The van der Waals surface area contributed by atoms with Gasteiger partial charge in [0.25, 0.3) is 10.1 Å². The van der Waals surface area contributed by atoms with Gasteiger partial charge >= 0.3 is 0 Å². The zero-order valence-electron chi connectivity index (χ0n) is 7.86. The summed E-state index contributed by atoms with van der Waals surface area (Å²) in [7, 11) is -4.13. The Bertz CT molecular complexity index is 437. The number of hydrogen-bond acceptors (Lipinski definition) is 2. The van der Waals surface area contributed by atoms with Crippen molar-refractivity contribution in [3.8, 4) is 0 Å². The summed E-state index contributed by atoms with van der Waals surface area (Å²) in [6.07, 6.45) is 0. The van der Waals surface area contributed by atoms with E-state index in [0.29, 0.717) is 5.56 Å². The summed E-state index contributed by atoms with van der Waals surface area (Å²) in [6.45, 7) is 3.58. The molecule has 1 aromatic carbocycles. The molecule has 0 saturated carbocycles. The lowest BCUT2D eigenvalue weighted by molar-refractivity contribution is 0.483. The summed E-state index contributed by atoms with van der Waals surface area (Å²) in [5, 5.41) is -0.281. The number of hydrogen-bond donors (Lipinski definition) is 1. The van der Waals surface area contributed by atoms with E-state index < -0.39 is 10.1 Å². The highest BCUT2D eigenvalue weighted by Crippen LogP contribution is 2.25. The molecule has 1 N–H and O–H groups in total. The van der Waals surface area contributed by atoms with E-state index in [9.17, 15) is 8.42 Å². The second-order valence-electron chi connectivity index (χ2n) is 3.11. The first-order valence-electron chi connectivity index (χ1n) is 4.04. The Balaban J connectivity index is 3.34. The Hall–Kier alpha value is -0.580. The molecule has 0 radical (unpaired) electrons. The number of benzene rings is 1. The SMILES string of the molecule is Cc1ccc(S(=O)(=O)O)cc1C(C)Cl. The molecule has 0 fully saturated rings. The van der Waals surface area contributed by atoms with Gasteiger partial charge in [0.15, 0.2) is 0 Å². The predicted octanol–water partition coefficient (Wildman–Crippen LogP) is 2.54. The van der Waals surface area contributed by atoms with Gasteiger partial charge in [0.2, 0.25) is 0 Å². The summed E-state index contributed by atoms with van der Waals surface area (Å²) in [4.78, 5) is -0.120. The molecular weight excluding hydrogens is 224 g/mol. The number of alkyl halides is 1. The lowest BCUT2D eigenvalue weighted by Gasteiger charge is -2.08. The van der Waals surface area contributed by atoms with Crippen LogP contribution in [-0.2, 0) is 10.1 Å². The average molecular weight is 235 g/mol. The first-order valence-corrected chi connectivity index (χ1v) is 5.92. The summed E-state index contributed by atoms with van der Waals surface area (Å²) in [5.41, 5.74) is 1.61. The van der Waals surface area contributed by atoms with E-state index in [1.54, 1.807) is 13.0 Å². The van der Waals surface area contributed by atoms with Crippen LogP contribution in [0, 0.1) is 6.92 Å². The molecule has 0 aliphatic carbocycles. The fourth-order valence-electron chi connectivity index (χ4n) is 1.21. The lowest BCUT2D eigenvalue weighted by atomic mass is 10.1. The van der Waals surface area contributed by atoms with Gasteiger partial charge in [-0.05, 0) is 37.1 Å². The summed E-state index contributed by atoms with van der Waals surface area (Å²) in [5.74, 6) is 0. The van der Waals surface area contributed by atoms with Crippen LogP contribution in [0.5, 0.6) is 0 Å².